The van der Waals surface area contributed by atoms with Crippen molar-refractivity contribution in [2.75, 3.05) is 52.7 Å². The zero-order valence-corrected chi connectivity index (χ0v) is 21.2. The van der Waals surface area contributed by atoms with Gasteiger partial charge in [-0.1, -0.05) is 26.3 Å². The summed E-state index contributed by atoms with van der Waals surface area (Å²) >= 11 is 0. The molecule has 0 aromatic heterocycles. The predicted octanol–water partition coefficient (Wildman–Crippen LogP) is 1.39. The Labute approximate surface area is 214 Å². The highest BCUT2D eigenvalue weighted by molar-refractivity contribution is 5.89. The minimum atomic E-state index is -0.989. The third kappa shape index (κ3) is 17.4. The van der Waals surface area contributed by atoms with Gasteiger partial charge in [0.05, 0.1) is 19.8 Å². The van der Waals surface area contributed by atoms with Crippen molar-refractivity contribution in [3.63, 3.8) is 0 Å². The average Bonchev–Trinajstić information content (AvgIpc) is 2.89. The molecular weight excluding hydrogens is 466 g/mol. The van der Waals surface area contributed by atoms with Gasteiger partial charge >= 0.3 is 0 Å². The summed E-state index contributed by atoms with van der Waals surface area (Å²) in [5, 5.41) is 8.20. The van der Waals surface area contributed by atoms with Crippen LogP contribution in [0.3, 0.4) is 0 Å². The maximum absolute atomic E-state index is 12.2. The first-order chi connectivity index (χ1) is 17.3. The van der Waals surface area contributed by atoms with Crippen LogP contribution in [-0.4, -0.2) is 81.8 Å². The van der Waals surface area contributed by atoms with E-state index in [0.717, 1.165) is 6.08 Å². The quantitative estimate of drug-likeness (QED) is 0.133. The van der Waals surface area contributed by atoms with Gasteiger partial charge in [0.1, 0.15) is 5.54 Å². The van der Waals surface area contributed by atoms with Crippen molar-refractivity contribution in [1.82, 2.24) is 16.0 Å². The van der Waals surface area contributed by atoms with Crippen molar-refractivity contribution in [2.24, 2.45) is 0 Å². The smallest absolute Gasteiger partial charge is 0.244 e. The van der Waals surface area contributed by atoms with Crippen LogP contribution in [-0.2, 0) is 33.4 Å². The Morgan fingerprint density at radius 3 is 1.47 bits per heavy atom. The lowest BCUT2D eigenvalue weighted by Crippen LogP contribution is -2.58. The Morgan fingerprint density at radius 1 is 0.611 bits per heavy atom. The van der Waals surface area contributed by atoms with Crippen LogP contribution in [0.2, 0.25) is 0 Å². The maximum atomic E-state index is 12.2. The van der Waals surface area contributed by atoms with Crippen molar-refractivity contribution >= 4 is 23.5 Å². The molecule has 3 N–H and O–H groups in total. The lowest BCUT2D eigenvalue weighted by Gasteiger charge is -2.34. The standard InChI is InChI=1S/C26H41N3O7/c1-5-22(30)13-9-10-16-34-19-26(29-25(33)8-4,20-35-17-11-14-27-23(31)6-2)21-36-18-12-15-28-24(32)7-3/h5-8H,1-4,9-21H2,(H,27,31)(H,28,32)(H,29,33). The predicted molar refractivity (Wildman–Crippen MR) is 138 cm³/mol. The van der Waals surface area contributed by atoms with Crippen molar-refractivity contribution in [3.05, 3.63) is 50.6 Å². The summed E-state index contributed by atoms with van der Waals surface area (Å²) in [6.07, 6.45) is 7.71. The number of carbonyl (C=O) groups excluding carboxylic acids is 4. The molecule has 202 valence electrons. The zero-order valence-electron chi connectivity index (χ0n) is 21.2. The van der Waals surface area contributed by atoms with E-state index in [1.54, 1.807) is 0 Å². The van der Waals surface area contributed by atoms with E-state index in [1.807, 2.05) is 0 Å². The van der Waals surface area contributed by atoms with E-state index in [1.165, 1.54) is 18.2 Å². The van der Waals surface area contributed by atoms with E-state index in [0.29, 0.717) is 65.0 Å². The molecule has 36 heavy (non-hydrogen) atoms. The summed E-state index contributed by atoms with van der Waals surface area (Å²) < 4.78 is 17.4. The van der Waals surface area contributed by atoms with Crippen LogP contribution in [0.4, 0.5) is 0 Å². The SMILES string of the molecule is C=CC(=O)CCCCOCC(COCCCNC(=O)C=C)(COCCCNC(=O)C=C)NC(=O)C=C. The molecule has 0 radical (unpaired) electrons. The van der Waals surface area contributed by atoms with E-state index >= 15 is 0 Å². The first kappa shape index (κ1) is 32.9. The minimum Gasteiger partial charge on any atom is -0.379 e. The normalized spacial score (nSPS) is 10.7. The van der Waals surface area contributed by atoms with Crippen LogP contribution >= 0.6 is 0 Å². The Hall–Kier alpha value is -3.08. The molecule has 0 bridgehead atoms. The summed E-state index contributed by atoms with van der Waals surface area (Å²) in [6.45, 7) is 16.0. The fraction of sp³-hybridized carbons (Fsp3) is 0.538. The minimum absolute atomic E-state index is 0.0158. The van der Waals surface area contributed by atoms with Crippen molar-refractivity contribution in [1.29, 1.82) is 0 Å². The first-order valence-corrected chi connectivity index (χ1v) is 12.0. The molecule has 0 saturated heterocycles. The number of amides is 3. The van der Waals surface area contributed by atoms with Crippen LogP contribution in [0.1, 0.15) is 32.1 Å². The second-order valence-corrected chi connectivity index (χ2v) is 7.96. The number of rotatable bonds is 24. The third-order valence-corrected chi connectivity index (χ3v) is 4.80. The van der Waals surface area contributed by atoms with Gasteiger partial charge in [-0.15, -0.1) is 0 Å². The van der Waals surface area contributed by atoms with Crippen molar-refractivity contribution in [3.8, 4) is 0 Å². The number of nitrogens with one attached hydrogen (secondary N) is 3. The monoisotopic (exact) mass is 507 g/mol. The van der Waals surface area contributed by atoms with Gasteiger partial charge in [-0.2, -0.15) is 0 Å². The number of hydrogen-bond acceptors (Lipinski definition) is 7. The van der Waals surface area contributed by atoms with Gasteiger partial charge in [0.2, 0.25) is 17.7 Å². The van der Waals surface area contributed by atoms with Gasteiger partial charge in [0.25, 0.3) is 0 Å². The molecule has 0 saturated carbocycles. The lowest BCUT2D eigenvalue weighted by molar-refractivity contribution is -0.123. The van der Waals surface area contributed by atoms with Gasteiger partial charge in [0.15, 0.2) is 5.78 Å². The Kier molecular flexibility index (Phi) is 19.4. The molecule has 0 aliphatic rings. The first-order valence-electron chi connectivity index (χ1n) is 12.0. The summed E-state index contributed by atoms with van der Waals surface area (Å²) in [4.78, 5) is 46.0. The Morgan fingerprint density at radius 2 is 1.06 bits per heavy atom. The van der Waals surface area contributed by atoms with Gasteiger partial charge in [-0.25, -0.2) is 0 Å². The molecule has 10 heteroatoms. The van der Waals surface area contributed by atoms with Crippen LogP contribution in [0.15, 0.2) is 50.6 Å². The highest BCUT2D eigenvalue weighted by Gasteiger charge is 2.33. The molecule has 3 amide bonds. The number of unbranched alkanes of at least 4 members (excludes halogenated alkanes) is 1. The number of allylic oxidation sites excluding steroid dienone is 1. The molecule has 0 spiro atoms. The van der Waals surface area contributed by atoms with Gasteiger partial charge in [0, 0.05) is 39.3 Å². The average molecular weight is 508 g/mol. The summed E-state index contributed by atoms with van der Waals surface area (Å²) in [5.41, 5.74) is -0.989. The summed E-state index contributed by atoms with van der Waals surface area (Å²) in [6, 6.07) is 0. The van der Waals surface area contributed by atoms with E-state index in [-0.39, 0.29) is 37.4 Å². The molecule has 0 atom stereocenters. The van der Waals surface area contributed by atoms with Crippen molar-refractivity contribution in [2.45, 2.75) is 37.6 Å². The zero-order chi connectivity index (χ0) is 27.1. The number of carbonyl (C=O) groups is 4. The lowest BCUT2D eigenvalue weighted by atomic mass is 10.0. The Balaban J connectivity index is 4.93. The molecule has 0 fully saturated rings. The Bertz CT molecular complexity index is 658. The molecule has 0 unspecified atom stereocenters. The maximum Gasteiger partial charge on any atom is 0.244 e. The fourth-order valence-corrected chi connectivity index (χ4v) is 2.87. The highest BCUT2D eigenvalue weighted by Crippen LogP contribution is 2.11. The van der Waals surface area contributed by atoms with E-state index < -0.39 is 11.4 Å². The van der Waals surface area contributed by atoms with E-state index in [2.05, 4.69) is 42.3 Å². The highest BCUT2D eigenvalue weighted by atomic mass is 16.5. The molecule has 0 aliphatic carbocycles. The number of hydrogen-bond donors (Lipinski definition) is 3. The van der Waals surface area contributed by atoms with Crippen LogP contribution in [0, 0.1) is 0 Å². The molecular formula is C26H41N3O7. The number of ketones is 1. The molecule has 0 aromatic rings. The van der Waals surface area contributed by atoms with Crippen LogP contribution in [0.5, 0.6) is 0 Å². The third-order valence-electron chi connectivity index (χ3n) is 4.80. The topological polar surface area (TPSA) is 132 Å². The summed E-state index contributed by atoms with van der Waals surface area (Å²) in [7, 11) is 0. The van der Waals surface area contributed by atoms with Crippen molar-refractivity contribution < 1.29 is 33.4 Å². The largest absolute Gasteiger partial charge is 0.379 e. The van der Waals surface area contributed by atoms with Gasteiger partial charge in [-0.05, 0) is 50.0 Å². The van der Waals surface area contributed by atoms with E-state index in [4.69, 9.17) is 14.2 Å². The van der Waals surface area contributed by atoms with E-state index in [9.17, 15) is 19.2 Å². The fourth-order valence-electron chi connectivity index (χ4n) is 2.87. The summed E-state index contributed by atoms with van der Waals surface area (Å²) in [5.74, 6) is -0.941. The van der Waals surface area contributed by atoms with Crippen LogP contribution < -0.4 is 16.0 Å². The van der Waals surface area contributed by atoms with Gasteiger partial charge in [-0.3, -0.25) is 19.2 Å². The second-order valence-electron chi connectivity index (χ2n) is 7.96. The molecule has 10 nitrogen and oxygen atoms in total. The number of ether oxygens (including phenoxy) is 3. The van der Waals surface area contributed by atoms with Gasteiger partial charge < -0.3 is 30.2 Å². The molecule has 0 rings (SSSR count). The second kappa shape index (κ2) is 21.2. The molecule has 0 heterocycles. The molecule has 0 aromatic carbocycles. The van der Waals surface area contributed by atoms with Crippen LogP contribution in [0.25, 0.3) is 0 Å². The molecule has 0 aliphatic heterocycles.